The van der Waals surface area contributed by atoms with E-state index in [2.05, 4.69) is 36.9 Å². The molecule has 0 aliphatic heterocycles. The van der Waals surface area contributed by atoms with Gasteiger partial charge in [-0.3, -0.25) is 9.79 Å². The normalized spacial score (nSPS) is 11.0. The van der Waals surface area contributed by atoms with Crippen molar-refractivity contribution in [3.63, 3.8) is 0 Å². The zero-order chi connectivity index (χ0) is 19.8. The van der Waals surface area contributed by atoms with Crippen LogP contribution in [0.1, 0.15) is 18.2 Å². The summed E-state index contributed by atoms with van der Waals surface area (Å²) in [6.07, 6.45) is 2.02. The van der Waals surface area contributed by atoms with Crippen molar-refractivity contribution in [3.05, 3.63) is 58.3 Å². The molecular formula is C20H29BrIN5O. The maximum atomic E-state index is 12.6. The lowest BCUT2D eigenvalue weighted by atomic mass is 10.2. The van der Waals surface area contributed by atoms with Crippen LogP contribution >= 0.6 is 39.9 Å². The van der Waals surface area contributed by atoms with Crippen molar-refractivity contribution in [2.75, 3.05) is 27.2 Å². The number of guanidine groups is 1. The molecule has 2 rings (SSSR count). The molecule has 1 N–H and O–H groups in total. The number of hydrogen-bond acceptors (Lipinski definition) is 2. The van der Waals surface area contributed by atoms with Crippen molar-refractivity contribution in [3.8, 4) is 0 Å². The zero-order valence-electron chi connectivity index (χ0n) is 16.9. The molecule has 0 spiro atoms. The van der Waals surface area contributed by atoms with Crippen molar-refractivity contribution in [1.82, 2.24) is 19.7 Å². The lowest BCUT2D eigenvalue weighted by molar-refractivity contribution is -0.130. The highest BCUT2D eigenvalue weighted by molar-refractivity contribution is 14.0. The summed E-state index contributed by atoms with van der Waals surface area (Å²) < 4.78 is 3.11. The molecule has 6 nitrogen and oxygen atoms in total. The number of carbonyl (C=O) groups excluding carboxylic acids is 1. The van der Waals surface area contributed by atoms with Crippen LogP contribution in [0.5, 0.6) is 0 Å². The van der Waals surface area contributed by atoms with E-state index >= 15 is 0 Å². The minimum atomic E-state index is 0. The minimum absolute atomic E-state index is 0. The molecule has 1 amide bonds. The molecule has 0 aliphatic carbocycles. The molecule has 1 aromatic heterocycles. The number of nitrogens with one attached hydrogen (secondary N) is 1. The molecule has 0 bridgehead atoms. The highest BCUT2D eigenvalue weighted by Gasteiger charge is 2.15. The maximum Gasteiger partial charge on any atom is 0.242 e. The summed E-state index contributed by atoms with van der Waals surface area (Å²) in [6.45, 7) is 4.19. The van der Waals surface area contributed by atoms with Gasteiger partial charge in [-0.05, 0) is 34.5 Å². The van der Waals surface area contributed by atoms with Crippen molar-refractivity contribution >= 4 is 51.8 Å². The van der Waals surface area contributed by atoms with Gasteiger partial charge >= 0.3 is 0 Å². The Balaban J connectivity index is 0.00000392. The molecule has 0 saturated carbocycles. The molecule has 28 heavy (non-hydrogen) atoms. The molecular weight excluding hydrogens is 533 g/mol. The predicted octanol–water partition coefficient (Wildman–Crippen LogP) is 3.46. The quantitative estimate of drug-likeness (QED) is 0.320. The second-order valence-corrected chi connectivity index (χ2v) is 7.33. The Morgan fingerprint density at radius 1 is 1.25 bits per heavy atom. The number of halogens is 2. The minimum Gasteiger partial charge on any atom is -0.352 e. The summed E-state index contributed by atoms with van der Waals surface area (Å²) >= 11 is 3.49. The van der Waals surface area contributed by atoms with Crippen LogP contribution in [0.25, 0.3) is 0 Å². The van der Waals surface area contributed by atoms with Gasteiger partial charge in [0, 0.05) is 50.6 Å². The number of carbonyl (C=O) groups is 1. The number of likely N-dealkylation sites (N-methyl/N-ethyl adjacent to an activating group) is 1. The van der Waals surface area contributed by atoms with Gasteiger partial charge in [0.2, 0.25) is 5.91 Å². The first-order chi connectivity index (χ1) is 12.9. The van der Waals surface area contributed by atoms with Gasteiger partial charge in [-0.2, -0.15) is 0 Å². The van der Waals surface area contributed by atoms with Gasteiger partial charge < -0.3 is 19.7 Å². The summed E-state index contributed by atoms with van der Waals surface area (Å²) in [5, 5.41) is 3.18. The standard InChI is InChI=1S/C20H28BrN5O.HI/c1-5-26(13-16-9-7-6-8-10-16)19(27)12-23-20(22-2)25(4)15-18-11-17(21)14-24(18)3;/h6-11,14H,5,12-13,15H2,1-4H3,(H,22,23);1H. The van der Waals surface area contributed by atoms with Crippen LogP contribution in [-0.4, -0.2) is 53.4 Å². The first-order valence-corrected chi connectivity index (χ1v) is 9.78. The number of benzene rings is 1. The molecule has 0 saturated heterocycles. The fourth-order valence-corrected chi connectivity index (χ4v) is 3.44. The third kappa shape index (κ3) is 7.12. The number of aryl methyl sites for hydroxylation is 1. The Labute approximate surface area is 193 Å². The monoisotopic (exact) mass is 561 g/mol. The number of aliphatic imine (C=N–C) groups is 1. The van der Waals surface area contributed by atoms with E-state index in [0.29, 0.717) is 25.6 Å². The van der Waals surface area contributed by atoms with Crippen molar-refractivity contribution in [2.24, 2.45) is 12.0 Å². The van der Waals surface area contributed by atoms with Crippen LogP contribution in [0.3, 0.4) is 0 Å². The van der Waals surface area contributed by atoms with E-state index in [0.717, 1.165) is 15.7 Å². The van der Waals surface area contributed by atoms with Crippen LogP contribution in [0.2, 0.25) is 0 Å². The van der Waals surface area contributed by atoms with Crippen LogP contribution in [0, 0.1) is 0 Å². The average molecular weight is 562 g/mol. The third-order valence-electron chi connectivity index (χ3n) is 4.40. The van der Waals surface area contributed by atoms with E-state index in [9.17, 15) is 4.79 Å². The van der Waals surface area contributed by atoms with E-state index in [1.807, 2.05) is 67.3 Å². The Morgan fingerprint density at radius 3 is 2.46 bits per heavy atom. The van der Waals surface area contributed by atoms with E-state index in [-0.39, 0.29) is 36.4 Å². The Morgan fingerprint density at radius 2 is 1.93 bits per heavy atom. The van der Waals surface area contributed by atoms with Crippen LogP contribution in [-0.2, 0) is 24.9 Å². The van der Waals surface area contributed by atoms with E-state index in [1.165, 1.54) is 0 Å². The summed E-state index contributed by atoms with van der Waals surface area (Å²) in [5.74, 6) is 0.744. The number of amides is 1. The highest BCUT2D eigenvalue weighted by Crippen LogP contribution is 2.15. The average Bonchev–Trinajstić information content (AvgIpc) is 2.97. The Hall–Kier alpha value is -1.55. The Kier molecular flexibility index (Phi) is 10.6. The van der Waals surface area contributed by atoms with E-state index < -0.39 is 0 Å². The van der Waals surface area contributed by atoms with E-state index in [1.54, 1.807) is 7.05 Å². The summed E-state index contributed by atoms with van der Waals surface area (Å²) in [6, 6.07) is 12.1. The number of hydrogen-bond donors (Lipinski definition) is 1. The van der Waals surface area contributed by atoms with Gasteiger partial charge in [0.15, 0.2) is 5.96 Å². The van der Waals surface area contributed by atoms with Gasteiger partial charge in [0.1, 0.15) is 0 Å². The number of aromatic nitrogens is 1. The highest BCUT2D eigenvalue weighted by atomic mass is 127. The smallest absolute Gasteiger partial charge is 0.242 e. The Bertz CT molecular complexity index is 778. The van der Waals surface area contributed by atoms with Crippen LogP contribution in [0.15, 0.2) is 52.1 Å². The van der Waals surface area contributed by atoms with Gasteiger partial charge in [-0.15, -0.1) is 24.0 Å². The molecule has 8 heteroatoms. The topological polar surface area (TPSA) is 52.9 Å². The van der Waals surface area contributed by atoms with Gasteiger partial charge in [0.05, 0.1) is 13.1 Å². The van der Waals surface area contributed by atoms with Gasteiger partial charge in [-0.25, -0.2) is 0 Å². The molecule has 2 aromatic rings. The van der Waals surface area contributed by atoms with Crippen molar-refractivity contribution in [1.29, 1.82) is 0 Å². The largest absolute Gasteiger partial charge is 0.352 e. The lowest BCUT2D eigenvalue weighted by Gasteiger charge is -2.25. The fraction of sp³-hybridized carbons (Fsp3) is 0.400. The second-order valence-electron chi connectivity index (χ2n) is 6.41. The van der Waals surface area contributed by atoms with Gasteiger partial charge in [0.25, 0.3) is 0 Å². The summed E-state index contributed by atoms with van der Waals surface area (Å²) in [7, 11) is 5.70. The summed E-state index contributed by atoms with van der Waals surface area (Å²) in [4.78, 5) is 20.8. The van der Waals surface area contributed by atoms with Crippen molar-refractivity contribution < 1.29 is 4.79 Å². The SMILES string of the molecule is CCN(Cc1ccccc1)C(=O)CNC(=NC)N(C)Cc1cc(Br)cn1C.I. The molecule has 1 heterocycles. The first-order valence-electron chi connectivity index (χ1n) is 8.98. The molecule has 0 radical (unpaired) electrons. The fourth-order valence-electron chi connectivity index (χ4n) is 2.87. The second kappa shape index (κ2) is 12.1. The molecule has 1 aromatic carbocycles. The number of nitrogens with zero attached hydrogens (tertiary/aromatic N) is 4. The van der Waals surface area contributed by atoms with E-state index in [4.69, 9.17) is 0 Å². The lowest BCUT2D eigenvalue weighted by Crippen LogP contribution is -2.45. The molecule has 0 fully saturated rings. The van der Waals surface area contributed by atoms with Crippen LogP contribution < -0.4 is 5.32 Å². The van der Waals surface area contributed by atoms with Crippen LogP contribution in [0.4, 0.5) is 0 Å². The molecule has 0 atom stereocenters. The molecule has 0 aliphatic rings. The first kappa shape index (κ1) is 24.5. The predicted molar refractivity (Wildman–Crippen MR) is 129 cm³/mol. The maximum absolute atomic E-state index is 12.6. The number of rotatable bonds is 7. The molecule has 154 valence electrons. The van der Waals surface area contributed by atoms with Gasteiger partial charge in [-0.1, -0.05) is 30.3 Å². The third-order valence-corrected chi connectivity index (χ3v) is 4.83. The van der Waals surface area contributed by atoms with Crippen molar-refractivity contribution in [2.45, 2.75) is 20.0 Å². The zero-order valence-corrected chi connectivity index (χ0v) is 20.8. The summed E-state index contributed by atoms with van der Waals surface area (Å²) in [5.41, 5.74) is 2.28. The molecule has 0 unspecified atom stereocenters.